The number of hydrogen-bond donors (Lipinski definition) is 3. The van der Waals surface area contributed by atoms with Gasteiger partial charge in [0, 0.05) is 46.5 Å². The van der Waals surface area contributed by atoms with Gasteiger partial charge in [0.15, 0.2) is 0 Å². The smallest absolute Gasteiger partial charge is 0.303 e. The van der Waals surface area contributed by atoms with Crippen LogP contribution >= 0.6 is 0 Å². The molecule has 4 heteroatoms. The van der Waals surface area contributed by atoms with Crippen LogP contribution in [-0.4, -0.2) is 21.0 Å². The van der Waals surface area contributed by atoms with Crippen LogP contribution in [-0.2, 0) is 4.79 Å². The lowest BCUT2D eigenvalue weighted by Crippen LogP contribution is -2.01. The summed E-state index contributed by atoms with van der Waals surface area (Å²) >= 11 is 0. The van der Waals surface area contributed by atoms with Gasteiger partial charge in [0.05, 0.1) is 0 Å². The summed E-state index contributed by atoms with van der Waals surface area (Å²) < 4.78 is 0. The van der Waals surface area contributed by atoms with Crippen molar-refractivity contribution in [1.82, 2.24) is 9.97 Å². The van der Waals surface area contributed by atoms with E-state index in [1.165, 1.54) is 21.9 Å². The van der Waals surface area contributed by atoms with Crippen LogP contribution in [0.5, 0.6) is 0 Å². The van der Waals surface area contributed by atoms with Crippen molar-refractivity contribution in [1.29, 1.82) is 0 Å². The van der Waals surface area contributed by atoms with Gasteiger partial charge < -0.3 is 15.1 Å². The number of aliphatic carboxylic acids is 1. The SMILES string of the molecule is O=C(O)CCCCCC(c1c[nH]c2ccccc12)c1c[nH]c2ccccc12. The number of hydrogen-bond acceptors (Lipinski definition) is 1. The number of nitrogens with one attached hydrogen (secondary N) is 2. The van der Waals surface area contributed by atoms with E-state index in [1.54, 1.807) is 0 Å². The average molecular weight is 360 g/mol. The van der Waals surface area contributed by atoms with Crippen LogP contribution in [0.3, 0.4) is 0 Å². The molecule has 0 amide bonds. The molecule has 4 rings (SSSR count). The molecule has 27 heavy (non-hydrogen) atoms. The number of carbonyl (C=O) groups is 1. The Bertz CT molecular complexity index is 986. The van der Waals surface area contributed by atoms with Crippen LogP contribution in [0.2, 0.25) is 0 Å². The minimum absolute atomic E-state index is 0.255. The molecule has 0 aliphatic rings. The molecule has 2 heterocycles. The van der Waals surface area contributed by atoms with E-state index in [0.29, 0.717) is 0 Å². The van der Waals surface area contributed by atoms with Crippen molar-refractivity contribution in [2.45, 2.75) is 38.0 Å². The molecule has 0 radical (unpaired) electrons. The van der Waals surface area contributed by atoms with E-state index in [9.17, 15) is 4.79 Å². The highest BCUT2D eigenvalue weighted by Gasteiger charge is 2.20. The Labute approximate surface area is 158 Å². The number of para-hydroxylation sites is 2. The minimum Gasteiger partial charge on any atom is -0.481 e. The Morgan fingerprint density at radius 2 is 1.37 bits per heavy atom. The fourth-order valence-corrected chi connectivity index (χ4v) is 4.04. The molecule has 0 fully saturated rings. The van der Waals surface area contributed by atoms with Gasteiger partial charge in [-0.3, -0.25) is 4.79 Å². The standard InChI is InChI=1S/C23H24N2O2/c26-23(27)13-3-1-2-8-16(19-14-24-21-11-6-4-9-17(19)21)20-15-25-22-12-7-5-10-18(20)22/h4-7,9-12,14-16,24-25H,1-3,8,13H2,(H,26,27). The number of H-pyrrole nitrogens is 2. The van der Waals surface area contributed by atoms with E-state index in [1.807, 2.05) is 0 Å². The molecule has 0 saturated carbocycles. The third-order valence-corrected chi connectivity index (χ3v) is 5.38. The van der Waals surface area contributed by atoms with Gasteiger partial charge in [-0.05, 0) is 36.1 Å². The predicted molar refractivity (Wildman–Crippen MR) is 109 cm³/mol. The molecule has 0 saturated heterocycles. The number of benzene rings is 2. The Morgan fingerprint density at radius 3 is 1.93 bits per heavy atom. The summed E-state index contributed by atoms with van der Waals surface area (Å²) in [5, 5.41) is 11.4. The van der Waals surface area contributed by atoms with Crippen LogP contribution in [0, 0.1) is 0 Å². The molecule has 0 aliphatic heterocycles. The first-order chi connectivity index (χ1) is 13.2. The van der Waals surface area contributed by atoms with E-state index in [0.717, 1.165) is 36.7 Å². The highest BCUT2D eigenvalue weighted by Crippen LogP contribution is 2.38. The monoisotopic (exact) mass is 360 g/mol. The van der Waals surface area contributed by atoms with Gasteiger partial charge >= 0.3 is 5.97 Å². The molecule has 0 unspecified atom stereocenters. The summed E-state index contributed by atoms with van der Waals surface area (Å²) in [6, 6.07) is 16.8. The molecule has 0 bridgehead atoms. The van der Waals surface area contributed by atoms with Crippen LogP contribution in [0.1, 0.15) is 49.1 Å². The Kier molecular flexibility index (Phi) is 4.97. The van der Waals surface area contributed by atoms with Gasteiger partial charge in [-0.2, -0.15) is 0 Å². The zero-order valence-corrected chi connectivity index (χ0v) is 15.2. The lowest BCUT2D eigenvalue weighted by molar-refractivity contribution is -0.137. The van der Waals surface area contributed by atoms with Gasteiger partial charge in [-0.15, -0.1) is 0 Å². The fourth-order valence-electron chi connectivity index (χ4n) is 4.04. The van der Waals surface area contributed by atoms with Gasteiger partial charge in [0.1, 0.15) is 0 Å². The molecule has 2 aromatic heterocycles. The second kappa shape index (κ2) is 7.70. The maximum absolute atomic E-state index is 10.8. The third-order valence-electron chi connectivity index (χ3n) is 5.38. The second-order valence-corrected chi connectivity index (χ2v) is 7.12. The summed E-state index contributed by atoms with van der Waals surface area (Å²) in [5.74, 6) is -0.429. The van der Waals surface area contributed by atoms with Crippen molar-refractivity contribution in [3.63, 3.8) is 0 Å². The molecule has 0 spiro atoms. The zero-order chi connectivity index (χ0) is 18.6. The van der Waals surface area contributed by atoms with E-state index < -0.39 is 5.97 Å². The van der Waals surface area contributed by atoms with Crippen LogP contribution in [0.4, 0.5) is 0 Å². The number of unbranched alkanes of at least 4 members (excludes halogenated alkanes) is 2. The summed E-state index contributed by atoms with van der Waals surface area (Å²) in [6.07, 6.45) is 8.21. The number of aromatic amines is 2. The molecule has 0 atom stereocenters. The van der Waals surface area contributed by atoms with Crippen molar-refractivity contribution in [3.05, 3.63) is 72.1 Å². The molecule has 4 nitrogen and oxygen atoms in total. The molecule has 2 aromatic carbocycles. The molecular weight excluding hydrogens is 336 g/mol. The minimum atomic E-state index is -0.709. The first-order valence-corrected chi connectivity index (χ1v) is 9.58. The Morgan fingerprint density at radius 1 is 0.815 bits per heavy atom. The molecule has 0 aliphatic carbocycles. The number of carboxylic acid groups (broad SMARTS) is 1. The van der Waals surface area contributed by atoms with Crippen molar-refractivity contribution < 1.29 is 9.90 Å². The molecule has 4 aromatic rings. The number of rotatable bonds is 8. The maximum atomic E-state index is 10.8. The summed E-state index contributed by atoms with van der Waals surface area (Å²) in [5.41, 5.74) is 4.94. The Balaban J connectivity index is 1.66. The first-order valence-electron chi connectivity index (χ1n) is 9.58. The average Bonchev–Trinajstić information content (AvgIpc) is 3.29. The maximum Gasteiger partial charge on any atom is 0.303 e. The quantitative estimate of drug-likeness (QED) is 0.347. The lowest BCUT2D eigenvalue weighted by atomic mass is 9.86. The molecular formula is C23H24N2O2. The third kappa shape index (κ3) is 3.61. The number of aromatic nitrogens is 2. The largest absolute Gasteiger partial charge is 0.481 e. The van der Waals surface area contributed by atoms with Crippen LogP contribution in [0.25, 0.3) is 21.8 Å². The highest BCUT2D eigenvalue weighted by atomic mass is 16.4. The second-order valence-electron chi connectivity index (χ2n) is 7.12. The molecule has 3 N–H and O–H groups in total. The van der Waals surface area contributed by atoms with Crippen molar-refractivity contribution in [2.24, 2.45) is 0 Å². The highest BCUT2D eigenvalue weighted by molar-refractivity contribution is 5.88. The topological polar surface area (TPSA) is 68.9 Å². The fraction of sp³-hybridized carbons (Fsp3) is 0.261. The van der Waals surface area contributed by atoms with E-state index in [4.69, 9.17) is 5.11 Å². The van der Waals surface area contributed by atoms with Crippen LogP contribution in [0.15, 0.2) is 60.9 Å². The molecule has 138 valence electrons. The lowest BCUT2D eigenvalue weighted by Gasteiger charge is -2.16. The summed E-state index contributed by atoms with van der Waals surface area (Å²) in [6.45, 7) is 0. The Hall–Kier alpha value is -3.01. The summed E-state index contributed by atoms with van der Waals surface area (Å²) in [7, 11) is 0. The predicted octanol–water partition coefficient (Wildman–Crippen LogP) is 5.82. The van der Waals surface area contributed by atoms with Crippen molar-refractivity contribution in [3.8, 4) is 0 Å². The van der Waals surface area contributed by atoms with Crippen molar-refractivity contribution >= 4 is 27.8 Å². The van der Waals surface area contributed by atoms with Crippen molar-refractivity contribution in [2.75, 3.05) is 0 Å². The first kappa shape index (κ1) is 17.4. The van der Waals surface area contributed by atoms with Gasteiger partial charge in [-0.1, -0.05) is 49.2 Å². The van der Waals surface area contributed by atoms with E-state index >= 15 is 0 Å². The van der Waals surface area contributed by atoms with Gasteiger partial charge in [0.2, 0.25) is 0 Å². The van der Waals surface area contributed by atoms with Gasteiger partial charge in [0.25, 0.3) is 0 Å². The zero-order valence-electron chi connectivity index (χ0n) is 15.2. The number of carboxylic acids is 1. The normalized spacial score (nSPS) is 11.6. The summed E-state index contributed by atoms with van der Waals surface area (Å²) in [4.78, 5) is 17.6. The van der Waals surface area contributed by atoms with E-state index in [-0.39, 0.29) is 12.3 Å². The number of fused-ring (bicyclic) bond motifs is 2. The van der Waals surface area contributed by atoms with Gasteiger partial charge in [-0.25, -0.2) is 0 Å². The van der Waals surface area contributed by atoms with E-state index in [2.05, 4.69) is 70.9 Å². The van der Waals surface area contributed by atoms with Crippen LogP contribution < -0.4 is 0 Å².